The molecule has 1 unspecified atom stereocenters. The van der Waals surface area contributed by atoms with Gasteiger partial charge in [-0.1, -0.05) is 0 Å². The van der Waals surface area contributed by atoms with Gasteiger partial charge >= 0.3 is 0 Å². The summed E-state index contributed by atoms with van der Waals surface area (Å²) in [5.41, 5.74) is -0.252. The van der Waals surface area contributed by atoms with E-state index in [0.717, 1.165) is 18.9 Å². The van der Waals surface area contributed by atoms with Crippen molar-refractivity contribution in [2.75, 3.05) is 36.5 Å². The highest BCUT2D eigenvalue weighted by Crippen LogP contribution is 2.16. The molecule has 122 valence electrons. The Bertz CT molecular complexity index is 509. The maximum Gasteiger partial charge on any atom is 0.242 e. The van der Waals surface area contributed by atoms with E-state index in [4.69, 9.17) is 4.74 Å². The number of nitrogens with one attached hydrogen (secondary N) is 2. The Morgan fingerprint density at radius 2 is 2.00 bits per heavy atom. The van der Waals surface area contributed by atoms with Crippen LogP contribution in [-0.4, -0.2) is 53.8 Å². The molecule has 7 heteroatoms. The fourth-order valence-corrected chi connectivity index (χ4v) is 2.16. The molecule has 1 aliphatic rings. The minimum atomic E-state index is -0.369. The van der Waals surface area contributed by atoms with Crippen LogP contribution in [-0.2, 0) is 9.53 Å². The van der Waals surface area contributed by atoms with E-state index in [0.29, 0.717) is 19.0 Å². The van der Waals surface area contributed by atoms with E-state index in [9.17, 15) is 4.79 Å². The Labute approximate surface area is 131 Å². The van der Waals surface area contributed by atoms with Gasteiger partial charge in [-0.05, 0) is 27.7 Å². The molecule has 1 aromatic heterocycles. The van der Waals surface area contributed by atoms with Crippen LogP contribution < -0.4 is 15.5 Å². The van der Waals surface area contributed by atoms with Gasteiger partial charge in [-0.3, -0.25) is 4.79 Å². The summed E-state index contributed by atoms with van der Waals surface area (Å²) in [5.74, 6) is 1.44. The second-order valence-electron chi connectivity index (χ2n) is 6.47. The van der Waals surface area contributed by atoms with E-state index in [1.807, 2.05) is 33.8 Å². The van der Waals surface area contributed by atoms with Crippen molar-refractivity contribution in [2.24, 2.45) is 0 Å². The van der Waals surface area contributed by atoms with Gasteiger partial charge in [0.25, 0.3) is 0 Å². The molecule has 1 fully saturated rings. The Morgan fingerprint density at radius 1 is 1.32 bits per heavy atom. The third kappa shape index (κ3) is 4.84. The van der Waals surface area contributed by atoms with Crippen LogP contribution in [0.4, 0.5) is 11.6 Å². The molecule has 2 rings (SSSR count). The van der Waals surface area contributed by atoms with Crippen LogP contribution in [0.2, 0.25) is 0 Å². The number of amides is 1. The first-order valence-electron chi connectivity index (χ1n) is 7.58. The molecule has 1 aliphatic heterocycles. The predicted molar refractivity (Wildman–Crippen MR) is 86.0 cm³/mol. The van der Waals surface area contributed by atoms with Crippen LogP contribution >= 0.6 is 0 Å². The lowest BCUT2D eigenvalue weighted by Crippen LogP contribution is -2.47. The molecule has 1 saturated heterocycles. The number of nitrogens with zero attached hydrogens (tertiary/aromatic N) is 3. The van der Waals surface area contributed by atoms with E-state index in [1.54, 1.807) is 0 Å². The molecule has 0 aliphatic carbocycles. The van der Waals surface area contributed by atoms with Crippen molar-refractivity contribution in [1.29, 1.82) is 0 Å². The second-order valence-corrected chi connectivity index (χ2v) is 6.47. The molecule has 1 amide bonds. The standard InChI is InChI=1S/C15H25N5O2/c1-11(14(21)19-15(2,3)4)18-12-9-13(17-10-16-12)20-5-7-22-8-6-20/h9-11H,5-8H2,1-4H3,(H,19,21)(H,16,17,18). The topological polar surface area (TPSA) is 79.4 Å². The maximum absolute atomic E-state index is 12.1. The van der Waals surface area contributed by atoms with E-state index in [1.165, 1.54) is 6.33 Å². The quantitative estimate of drug-likeness (QED) is 0.865. The van der Waals surface area contributed by atoms with Crippen molar-refractivity contribution in [3.63, 3.8) is 0 Å². The van der Waals surface area contributed by atoms with Gasteiger partial charge in [-0.15, -0.1) is 0 Å². The molecule has 2 N–H and O–H groups in total. The summed E-state index contributed by atoms with van der Waals surface area (Å²) in [7, 11) is 0. The fraction of sp³-hybridized carbons (Fsp3) is 0.667. The number of anilines is 2. The average Bonchev–Trinajstić information content (AvgIpc) is 2.46. The van der Waals surface area contributed by atoms with Crippen LogP contribution in [0, 0.1) is 0 Å². The van der Waals surface area contributed by atoms with Gasteiger partial charge in [0.05, 0.1) is 13.2 Å². The molecule has 0 spiro atoms. The number of rotatable bonds is 4. The summed E-state index contributed by atoms with van der Waals surface area (Å²) in [4.78, 5) is 22.7. The van der Waals surface area contributed by atoms with Crippen LogP contribution in [0.3, 0.4) is 0 Å². The summed E-state index contributed by atoms with van der Waals surface area (Å²) < 4.78 is 5.34. The van der Waals surface area contributed by atoms with Gasteiger partial charge in [-0.2, -0.15) is 0 Å². The SMILES string of the molecule is CC(Nc1cc(N2CCOCC2)ncn1)C(=O)NC(C)(C)C. The number of hydrogen-bond donors (Lipinski definition) is 2. The normalized spacial score (nSPS) is 17.0. The predicted octanol–water partition coefficient (Wildman–Crippen LogP) is 1.03. The number of morpholine rings is 1. The number of ether oxygens (including phenoxy) is 1. The Balaban J connectivity index is 1.99. The lowest BCUT2D eigenvalue weighted by molar-refractivity contribution is -0.122. The van der Waals surface area contributed by atoms with E-state index >= 15 is 0 Å². The first-order chi connectivity index (χ1) is 10.3. The molecule has 1 atom stereocenters. The van der Waals surface area contributed by atoms with Gasteiger partial charge in [0.2, 0.25) is 5.91 Å². The molecule has 0 radical (unpaired) electrons. The summed E-state index contributed by atoms with van der Waals surface area (Å²) in [6.07, 6.45) is 1.52. The van der Waals surface area contributed by atoms with E-state index in [2.05, 4.69) is 25.5 Å². The Morgan fingerprint density at radius 3 is 2.64 bits per heavy atom. The smallest absolute Gasteiger partial charge is 0.242 e. The number of hydrogen-bond acceptors (Lipinski definition) is 6. The maximum atomic E-state index is 12.1. The molecular weight excluding hydrogens is 282 g/mol. The van der Waals surface area contributed by atoms with Crippen LogP contribution in [0.5, 0.6) is 0 Å². The molecule has 22 heavy (non-hydrogen) atoms. The zero-order chi connectivity index (χ0) is 16.2. The molecule has 0 saturated carbocycles. The summed E-state index contributed by atoms with van der Waals surface area (Å²) in [6, 6.07) is 1.50. The first kappa shape index (κ1) is 16.5. The largest absolute Gasteiger partial charge is 0.378 e. The van der Waals surface area contributed by atoms with Gasteiger partial charge in [-0.25, -0.2) is 9.97 Å². The van der Waals surface area contributed by atoms with Crippen molar-refractivity contribution in [1.82, 2.24) is 15.3 Å². The first-order valence-corrected chi connectivity index (χ1v) is 7.58. The fourth-order valence-electron chi connectivity index (χ4n) is 2.16. The highest BCUT2D eigenvalue weighted by Gasteiger charge is 2.20. The van der Waals surface area contributed by atoms with E-state index in [-0.39, 0.29) is 17.5 Å². The minimum absolute atomic E-state index is 0.0564. The third-order valence-electron chi connectivity index (χ3n) is 3.24. The summed E-state index contributed by atoms with van der Waals surface area (Å²) >= 11 is 0. The van der Waals surface area contributed by atoms with Crippen molar-refractivity contribution >= 4 is 17.5 Å². The van der Waals surface area contributed by atoms with Gasteiger partial charge in [0, 0.05) is 24.7 Å². The summed E-state index contributed by atoms with van der Waals surface area (Å²) in [5, 5.41) is 6.07. The molecule has 0 aromatic carbocycles. The number of aromatic nitrogens is 2. The lowest BCUT2D eigenvalue weighted by atomic mass is 10.1. The van der Waals surface area contributed by atoms with Crippen molar-refractivity contribution in [2.45, 2.75) is 39.3 Å². The van der Waals surface area contributed by atoms with E-state index < -0.39 is 0 Å². The molecule has 0 bridgehead atoms. The summed E-state index contributed by atoms with van der Waals surface area (Å²) in [6.45, 7) is 10.7. The molecule has 7 nitrogen and oxygen atoms in total. The average molecular weight is 307 g/mol. The highest BCUT2D eigenvalue weighted by atomic mass is 16.5. The third-order valence-corrected chi connectivity index (χ3v) is 3.24. The molecular formula is C15H25N5O2. The lowest BCUT2D eigenvalue weighted by Gasteiger charge is -2.28. The van der Waals surface area contributed by atoms with Crippen molar-refractivity contribution < 1.29 is 9.53 Å². The van der Waals surface area contributed by atoms with Gasteiger partial charge < -0.3 is 20.3 Å². The highest BCUT2D eigenvalue weighted by molar-refractivity contribution is 5.84. The van der Waals surface area contributed by atoms with Crippen LogP contribution in [0.25, 0.3) is 0 Å². The second kappa shape index (κ2) is 6.91. The molecule has 2 heterocycles. The number of carbonyl (C=O) groups excluding carboxylic acids is 1. The number of carbonyl (C=O) groups is 1. The van der Waals surface area contributed by atoms with Crippen molar-refractivity contribution in [3.8, 4) is 0 Å². The van der Waals surface area contributed by atoms with Crippen molar-refractivity contribution in [3.05, 3.63) is 12.4 Å². The van der Waals surface area contributed by atoms with Crippen LogP contribution in [0.15, 0.2) is 12.4 Å². The van der Waals surface area contributed by atoms with Gasteiger partial charge in [0.1, 0.15) is 24.0 Å². The Hall–Kier alpha value is -1.89. The van der Waals surface area contributed by atoms with Gasteiger partial charge in [0.15, 0.2) is 0 Å². The molecule has 1 aromatic rings. The zero-order valence-corrected chi connectivity index (χ0v) is 13.7. The van der Waals surface area contributed by atoms with Crippen LogP contribution in [0.1, 0.15) is 27.7 Å². The zero-order valence-electron chi connectivity index (χ0n) is 13.7. The monoisotopic (exact) mass is 307 g/mol. The Kier molecular flexibility index (Phi) is 5.18. The minimum Gasteiger partial charge on any atom is -0.378 e.